The van der Waals surface area contributed by atoms with Crippen LogP contribution < -0.4 is 5.32 Å². The number of aromatic nitrogens is 2. The van der Waals surface area contributed by atoms with Gasteiger partial charge in [-0.25, -0.2) is 4.98 Å². The number of nitrogens with one attached hydrogen (secondary N) is 2. The molecule has 3 heterocycles. The zero-order valence-corrected chi connectivity index (χ0v) is 12.9. The first kappa shape index (κ1) is 13.1. The van der Waals surface area contributed by atoms with Gasteiger partial charge in [0.2, 0.25) is 0 Å². The lowest BCUT2D eigenvalue weighted by Gasteiger charge is -2.26. The third kappa shape index (κ3) is 2.63. The Kier molecular flexibility index (Phi) is 3.53. The average molecular weight is 300 g/mol. The number of piperidine rings is 1. The number of likely N-dealkylation sites (tertiary alicyclic amines) is 1. The minimum atomic E-state index is 0.980. The number of aromatic amines is 1. The highest BCUT2D eigenvalue weighted by Gasteiger charge is 2.11. The fourth-order valence-corrected chi connectivity index (χ4v) is 4.01. The summed E-state index contributed by atoms with van der Waals surface area (Å²) in [7, 11) is 0. The van der Waals surface area contributed by atoms with E-state index in [2.05, 4.69) is 39.5 Å². The molecule has 0 bridgehead atoms. The number of thiazole rings is 1. The Morgan fingerprint density at radius 2 is 2.05 bits per heavy atom. The molecule has 0 spiro atoms. The summed E-state index contributed by atoms with van der Waals surface area (Å²) in [5, 5.41) is 5.72. The van der Waals surface area contributed by atoms with Crippen LogP contribution in [0.15, 0.2) is 24.3 Å². The maximum Gasteiger partial charge on any atom is 0.185 e. The van der Waals surface area contributed by atoms with E-state index in [1.165, 1.54) is 43.3 Å². The maximum absolute atomic E-state index is 4.74. The molecule has 0 aliphatic carbocycles. The number of anilines is 1. The molecule has 0 radical (unpaired) electrons. The summed E-state index contributed by atoms with van der Waals surface area (Å²) in [5.74, 6) is 0. The van der Waals surface area contributed by atoms with Crippen LogP contribution >= 0.6 is 11.3 Å². The van der Waals surface area contributed by atoms with Crippen molar-refractivity contribution in [2.45, 2.75) is 19.3 Å². The second kappa shape index (κ2) is 5.66. The second-order valence-corrected chi connectivity index (χ2v) is 6.70. The lowest BCUT2D eigenvalue weighted by Crippen LogP contribution is -2.33. The van der Waals surface area contributed by atoms with Gasteiger partial charge >= 0.3 is 0 Å². The molecule has 2 N–H and O–H groups in total. The van der Waals surface area contributed by atoms with Gasteiger partial charge in [-0.1, -0.05) is 36.0 Å². The Morgan fingerprint density at radius 3 is 2.95 bits per heavy atom. The standard InChI is InChI=1S/C16H20N4S/c1-4-9-20(10-5-1)11-8-17-16-19-14-12-6-2-3-7-13(12)18-15(14)21-16/h2-3,6-7,18H,1,4-5,8-11H2,(H,17,19). The predicted octanol–water partition coefficient (Wildman–Crippen LogP) is 3.68. The van der Waals surface area contributed by atoms with E-state index in [1.807, 2.05) is 0 Å². The first-order valence-corrected chi connectivity index (χ1v) is 8.55. The Labute approximate surface area is 128 Å². The van der Waals surface area contributed by atoms with Crippen LogP contribution in [0.3, 0.4) is 0 Å². The van der Waals surface area contributed by atoms with Crippen LogP contribution in [0.25, 0.3) is 21.3 Å². The summed E-state index contributed by atoms with van der Waals surface area (Å²) >= 11 is 1.71. The van der Waals surface area contributed by atoms with E-state index >= 15 is 0 Å². The van der Waals surface area contributed by atoms with Crippen molar-refractivity contribution in [1.29, 1.82) is 0 Å². The fraction of sp³-hybridized carbons (Fsp3) is 0.438. The van der Waals surface area contributed by atoms with Gasteiger partial charge in [-0.3, -0.25) is 0 Å². The number of rotatable bonds is 4. The third-order valence-electron chi connectivity index (χ3n) is 4.21. The summed E-state index contributed by atoms with van der Waals surface area (Å²) in [6, 6.07) is 8.36. The van der Waals surface area contributed by atoms with E-state index in [-0.39, 0.29) is 0 Å². The van der Waals surface area contributed by atoms with E-state index in [9.17, 15) is 0 Å². The molecule has 3 aromatic rings. The highest BCUT2D eigenvalue weighted by Crippen LogP contribution is 2.31. The molecule has 0 atom stereocenters. The molecule has 1 saturated heterocycles. The Morgan fingerprint density at radius 1 is 1.19 bits per heavy atom. The van der Waals surface area contributed by atoms with Crippen molar-refractivity contribution >= 4 is 37.7 Å². The number of hydrogen-bond donors (Lipinski definition) is 2. The van der Waals surface area contributed by atoms with Gasteiger partial charge in [-0.15, -0.1) is 0 Å². The maximum atomic E-state index is 4.74. The quantitative estimate of drug-likeness (QED) is 0.772. The molecule has 4 nitrogen and oxygen atoms in total. The molecule has 1 aromatic carbocycles. The molecule has 0 unspecified atom stereocenters. The van der Waals surface area contributed by atoms with Crippen LogP contribution in [-0.4, -0.2) is 41.0 Å². The minimum Gasteiger partial charge on any atom is -0.360 e. The van der Waals surface area contributed by atoms with E-state index in [0.717, 1.165) is 28.6 Å². The minimum absolute atomic E-state index is 0.980. The monoisotopic (exact) mass is 300 g/mol. The van der Waals surface area contributed by atoms with Crippen molar-refractivity contribution in [3.05, 3.63) is 24.3 Å². The molecular formula is C16H20N4S. The van der Waals surface area contributed by atoms with Crippen LogP contribution in [-0.2, 0) is 0 Å². The van der Waals surface area contributed by atoms with Crippen LogP contribution in [0.1, 0.15) is 19.3 Å². The Balaban J connectivity index is 1.44. The van der Waals surface area contributed by atoms with Gasteiger partial charge in [0.1, 0.15) is 10.3 Å². The summed E-state index contributed by atoms with van der Waals surface area (Å²) in [6.45, 7) is 4.61. The van der Waals surface area contributed by atoms with Crippen molar-refractivity contribution in [3.63, 3.8) is 0 Å². The van der Waals surface area contributed by atoms with Gasteiger partial charge in [-0.2, -0.15) is 0 Å². The van der Waals surface area contributed by atoms with Crippen molar-refractivity contribution in [1.82, 2.24) is 14.9 Å². The topological polar surface area (TPSA) is 44.0 Å². The van der Waals surface area contributed by atoms with Crippen molar-refractivity contribution in [3.8, 4) is 0 Å². The number of para-hydroxylation sites is 1. The van der Waals surface area contributed by atoms with Crippen LogP contribution in [0.4, 0.5) is 5.13 Å². The van der Waals surface area contributed by atoms with Crippen LogP contribution in [0.2, 0.25) is 0 Å². The Hall–Kier alpha value is -1.59. The second-order valence-electron chi connectivity index (χ2n) is 5.70. The number of fused-ring (bicyclic) bond motifs is 3. The SMILES string of the molecule is c1ccc2c(c1)[nH]c1sc(NCCN3CCCCC3)nc12. The van der Waals surface area contributed by atoms with Gasteiger partial charge in [0.15, 0.2) is 5.13 Å². The summed E-state index contributed by atoms with van der Waals surface area (Å²) in [4.78, 5) is 11.9. The Bertz CT molecular complexity index is 739. The van der Waals surface area contributed by atoms with Crippen LogP contribution in [0.5, 0.6) is 0 Å². The lowest BCUT2D eigenvalue weighted by atomic mass is 10.1. The molecule has 0 amide bonds. The zero-order chi connectivity index (χ0) is 14.1. The normalized spacial score (nSPS) is 16.8. The van der Waals surface area contributed by atoms with E-state index in [4.69, 9.17) is 4.98 Å². The smallest absolute Gasteiger partial charge is 0.185 e. The first-order chi connectivity index (χ1) is 10.4. The molecule has 4 rings (SSSR count). The first-order valence-electron chi connectivity index (χ1n) is 7.74. The molecule has 0 saturated carbocycles. The summed E-state index contributed by atoms with van der Waals surface area (Å²) < 4.78 is 0. The van der Waals surface area contributed by atoms with Crippen LogP contribution in [0, 0.1) is 0 Å². The largest absolute Gasteiger partial charge is 0.360 e. The van der Waals surface area contributed by atoms with Gasteiger partial charge in [0.25, 0.3) is 0 Å². The molecule has 1 aliphatic rings. The summed E-state index contributed by atoms with van der Waals surface area (Å²) in [6.07, 6.45) is 4.10. The number of H-pyrrole nitrogens is 1. The zero-order valence-electron chi connectivity index (χ0n) is 12.1. The lowest BCUT2D eigenvalue weighted by molar-refractivity contribution is 0.237. The van der Waals surface area contributed by atoms with Gasteiger partial charge in [0, 0.05) is 24.0 Å². The number of benzene rings is 1. The molecule has 21 heavy (non-hydrogen) atoms. The molecule has 2 aromatic heterocycles. The predicted molar refractivity (Wildman–Crippen MR) is 90.3 cm³/mol. The van der Waals surface area contributed by atoms with E-state index in [1.54, 1.807) is 11.3 Å². The number of nitrogens with zero attached hydrogens (tertiary/aromatic N) is 2. The molecule has 1 fully saturated rings. The highest BCUT2D eigenvalue weighted by molar-refractivity contribution is 7.22. The van der Waals surface area contributed by atoms with E-state index in [0.29, 0.717) is 0 Å². The van der Waals surface area contributed by atoms with Gasteiger partial charge in [-0.05, 0) is 32.0 Å². The van der Waals surface area contributed by atoms with Crippen molar-refractivity contribution in [2.75, 3.05) is 31.5 Å². The van der Waals surface area contributed by atoms with Gasteiger partial charge in [0.05, 0.1) is 0 Å². The van der Waals surface area contributed by atoms with Crippen molar-refractivity contribution < 1.29 is 0 Å². The molecule has 1 aliphatic heterocycles. The highest BCUT2D eigenvalue weighted by atomic mass is 32.1. The van der Waals surface area contributed by atoms with E-state index < -0.39 is 0 Å². The average Bonchev–Trinajstić information content (AvgIpc) is 3.05. The van der Waals surface area contributed by atoms with Crippen molar-refractivity contribution in [2.24, 2.45) is 0 Å². The molecule has 5 heteroatoms. The molecular weight excluding hydrogens is 280 g/mol. The van der Waals surface area contributed by atoms with Gasteiger partial charge < -0.3 is 15.2 Å². The molecule has 110 valence electrons. The third-order valence-corrected chi connectivity index (χ3v) is 5.14. The number of hydrogen-bond acceptors (Lipinski definition) is 4. The fourth-order valence-electron chi connectivity index (χ4n) is 3.09. The summed E-state index contributed by atoms with van der Waals surface area (Å²) in [5.41, 5.74) is 2.27.